The summed E-state index contributed by atoms with van der Waals surface area (Å²) in [6, 6.07) is 9.47. The third-order valence-corrected chi connectivity index (χ3v) is 3.60. The van der Waals surface area contributed by atoms with Crippen LogP contribution in [0.4, 0.5) is 4.79 Å². The molecular weight excluding hydrogens is 308 g/mol. The number of nitrogens with one attached hydrogen (secondary N) is 2. The number of carboxylic acid groups (broad SMARTS) is 1. The third-order valence-electron chi connectivity index (χ3n) is 3.60. The molecule has 0 bridgehead atoms. The summed E-state index contributed by atoms with van der Waals surface area (Å²) in [4.78, 5) is 24.9. The normalized spacial score (nSPS) is 11.1. The van der Waals surface area contributed by atoms with Crippen LogP contribution < -0.4 is 5.32 Å². The molecule has 7 heteroatoms. The lowest BCUT2D eigenvalue weighted by atomic mass is 10.1. The maximum absolute atomic E-state index is 12.3. The number of hydrogen-bond donors (Lipinski definition) is 3. The highest BCUT2D eigenvalue weighted by molar-refractivity contribution is 5.98. The van der Waals surface area contributed by atoms with Crippen LogP contribution in [-0.4, -0.2) is 50.8 Å². The van der Waals surface area contributed by atoms with Gasteiger partial charge in [-0.2, -0.15) is 5.10 Å². The van der Waals surface area contributed by atoms with E-state index in [1.54, 1.807) is 6.20 Å². The Morgan fingerprint density at radius 1 is 1.25 bits per heavy atom. The van der Waals surface area contributed by atoms with Crippen molar-refractivity contribution >= 4 is 12.0 Å². The molecule has 0 radical (unpaired) electrons. The van der Waals surface area contributed by atoms with Crippen molar-refractivity contribution in [1.29, 1.82) is 0 Å². The standard InChI is InChI=1S/C17H22N4O3/c1-17(2,3)21(16(23)24)10-9-18-15(22)14-13(11-19-20-14)12-7-5-4-6-8-12/h4-8,11H,9-10H2,1-3H3,(H,18,22)(H,19,20)(H,23,24). The van der Waals surface area contributed by atoms with E-state index in [1.165, 1.54) is 4.90 Å². The number of aromatic amines is 1. The van der Waals surface area contributed by atoms with Gasteiger partial charge in [-0.05, 0) is 26.3 Å². The highest BCUT2D eigenvalue weighted by atomic mass is 16.4. The Labute approximate surface area is 140 Å². The molecule has 1 aromatic heterocycles. The smallest absolute Gasteiger partial charge is 0.407 e. The first-order valence-corrected chi connectivity index (χ1v) is 7.68. The Balaban J connectivity index is 2.02. The van der Waals surface area contributed by atoms with E-state index in [1.807, 2.05) is 51.1 Å². The number of rotatable bonds is 5. The van der Waals surface area contributed by atoms with Gasteiger partial charge in [0.05, 0.1) is 0 Å². The molecule has 128 valence electrons. The summed E-state index contributed by atoms with van der Waals surface area (Å²) in [7, 11) is 0. The molecule has 2 amide bonds. The minimum Gasteiger partial charge on any atom is -0.465 e. The maximum Gasteiger partial charge on any atom is 0.407 e. The number of aromatic nitrogens is 2. The number of hydrogen-bond acceptors (Lipinski definition) is 3. The lowest BCUT2D eigenvalue weighted by Crippen LogP contribution is -2.48. The van der Waals surface area contributed by atoms with Crippen LogP contribution in [0.2, 0.25) is 0 Å². The van der Waals surface area contributed by atoms with Gasteiger partial charge >= 0.3 is 6.09 Å². The van der Waals surface area contributed by atoms with Crippen molar-refractivity contribution in [3.63, 3.8) is 0 Å². The van der Waals surface area contributed by atoms with Gasteiger partial charge in [0.15, 0.2) is 5.69 Å². The number of nitrogens with zero attached hydrogens (tertiary/aromatic N) is 2. The molecule has 0 atom stereocenters. The number of carbonyl (C=O) groups is 2. The second-order valence-corrected chi connectivity index (χ2v) is 6.37. The zero-order valence-electron chi connectivity index (χ0n) is 14.0. The maximum atomic E-state index is 12.3. The fraction of sp³-hybridized carbons (Fsp3) is 0.353. The van der Waals surface area contributed by atoms with Crippen LogP contribution in [0.1, 0.15) is 31.3 Å². The van der Waals surface area contributed by atoms with E-state index in [4.69, 9.17) is 0 Å². The Morgan fingerprint density at radius 2 is 1.92 bits per heavy atom. The van der Waals surface area contributed by atoms with Gasteiger partial charge in [0.25, 0.3) is 5.91 Å². The van der Waals surface area contributed by atoms with Crippen molar-refractivity contribution in [1.82, 2.24) is 20.4 Å². The summed E-state index contributed by atoms with van der Waals surface area (Å²) in [6.45, 7) is 5.84. The third kappa shape index (κ3) is 4.13. The number of H-pyrrole nitrogens is 1. The van der Waals surface area contributed by atoms with Gasteiger partial charge in [-0.1, -0.05) is 30.3 Å². The van der Waals surface area contributed by atoms with E-state index >= 15 is 0 Å². The number of amides is 2. The number of carbonyl (C=O) groups excluding carboxylic acids is 1. The summed E-state index contributed by atoms with van der Waals surface area (Å²) < 4.78 is 0. The van der Waals surface area contributed by atoms with Gasteiger partial charge < -0.3 is 15.3 Å². The molecule has 7 nitrogen and oxygen atoms in total. The van der Waals surface area contributed by atoms with Crippen molar-refractivity contribution in [2.45, 2.75) is 26.3 Å². The molecule has 2 aromatic rings. The van der Waals surface area contributed by atoms with Crippen molar-refractivity contribution in [2.75, 3.05) is 13.1 Å². The molecule has 0 saturated heterocycles. The fourth-order valence-corrected chi connectivity index (χ4v) is 2.38. The van der Waals surface area contributed by atoms with E-state index in [0.29, 0.717) is 11.3 Å². The molecule has 0 fully saturated rings. The predicted molar refractivity (Wildman–Crippen MR) is 90.8 cm³/mol. The molecule has 0 saturated carbocycles. The van der Waals surface area contributed by atoms with E-state index in [-0.39, 0.29) is 19.0 Å². The first-order valence-electron chi connectivity index (χ1n) is 7.68. The van der Waals surface area contributed by atoms with Crippen LogP contribution in [-0.2, 0) is 0 Å². The zero-order chi connectivity index (χ0) is 17.7. The largest absolute Gasteiger partial charge is 0.465 e. The molecule has 0 aliphatic rings. The molecule has 3 N–H and O–H groups in total. The molecule has 0 spiro atoms. The van der Waals surface area contributed by atoms with E-state index < -0.39 is 11.6 Å². The first kappa shape index (κ1) is 17.5. The summed E-state index contributed by atoms with van der Waals surface area (Å²) in [5.74, 6) is -0.339. The molecule has 0 unspecified atom stereocenters. The van der Waals surface area contributed by atoms with Crippen LogP contribution in [0.15, 0.2) is 36.5 Å². The molecule has 1 heterocycles. The SMILES string of the molecule is CC(C)(C)N(CCNC(=O)c1n[nH]cc1-c1ccccc1)C(=O)O. The van der Waals surface area contributed by atoms with Crippen LogP contribution >= 0.6 is 0 Å². The van der Waals surface area contributed by atoms with Crippen molar-refractivity contribution in [2.24, 2.45) is 0 Å². The molecular formula is C17H22N4O3. The van der Waals surface area contributed by atoms with Gasteiger partial charge in [-0.15, -0.1) is 0 Å². The second-order valence-electron chi connectivity index (χ2n) is 6.37. The van der Waals surface area contributed by atoms with E-state index in [9.17, 15) is 14.7 Å². The van der Waals surface area contributed by atoms with Crippen LogP contribution in [0.25, 0.3) is 11.1 Å². The van der Waals surface area contributed by atoms with Gasteiger partial charge in [0, 0.05) is 30.4 Å². The minimum atomic E-state index is -1.01. The van der Waals surface area contributed by atoms with E-state index in [2.05, 4.69) is 15.5 Å². The zero-order valence-corrected chi connectivity index (χ0v) is 14.0. The van der Waals surface area contributed by atoms with Gasteiger partial charge in [0.1, 0.15) is 0 Å². The van der Waals surface area contributed by atoms with Gasteiger partial charge in [-0.25, -0.2) is 4.79 Å². The summed E-state index contributed by atoms with van der Waals surface area (Å²) >= 11 is 0. The average Bonchev–Trinajstić information content (AvgIpc) is 3.00. The summed E-state index contributed by atoms with van der Waals surface area (Å²) in [5.41, 5.74) is 1.36. The molecule has 1 aromatic carbocycles. The highest BCUT2D eigenvalue weighted by Gasteiger charge is 2.26. The second kappa shape index (κ2) is 7.16. The molecule has 24 heavy (non-hydrogen) atoms. The van der Waals surface area contributed by atoms with Crippen LogP contribution in [0.5, 0.6) is 0 Å². The first-order chi connectivity index (χ1) is 11.3. The Hall–Kier alpha value is -2.83. The van der Waals surface area contributed by atoms with Crippen molar-refractivity contribution in [3.05, 3.63) is 42.2 Å². The topological polar surface area (TPSA) is 98.3 Å². The van der Waals surface area contributed by atoms with Crippen molar-refractivity contribution in [3.8, 4) is 11.1 Å². The Bertz CT molecular complexity index is 704. The predicted octanol–water partition coefficient (Wildman–Crippen LogP) is 2.58. The van der Waals surface area contributed by atoms with Crippen molar-refractivity contribution < 1.29 is 14.7 Å². The molecule has 0 aliphatic carbocycles. The lowest BCUT2D eigenvalue weighted by Gasteiger charge is -2.33. The van der Waals surface area contributed by atoms with Crippen LogP contribution in [0, 0.1) is 0 Å². The lowest BCUT2D eigenvalue weighted by molar-refractivity contribution is 0.0889. The summed E-state index contributed by atoms with van der Waals surface area (Å²) in [5, 5.41) is 18.7. The monoisotopic (exact) mass is 330 g/mol. The van der Waals surface area contributed by atoms with Gasteiger partial charge in [-0.3, -0.25) is 9.89 Å². The van der Waals surface area contributed by atoms with Crippen LogP contribution in [0.3, 0.4) is 0 Å². The Morgan fingerprint density at radius 3 is 2.50 bits per heavy atom. The quantitative estimate of drug-likeness (QED) is 0.784. The average molecular weight is 330 g/mol. The Kier molecular flexibility index (Phi) is 5.23. The number of benzene rings is 1. The highest BCUT2D eigenvalue weighted by Crippen LogP contribution is 2.21. The van der Waals surface area contributed by atoms with Gasteiger partial charge in [0.2, 0.25) is 0 Å². The minimum absolute atomic E-state index is 0.204. The van der Waals surface area contributed by atoms with E-state index in [0.717, 1.165) is 5.56 Å². The summed E-state index contributed by atoms with van der Waals surface area (Å²) in [6.07, 6.45) is 0.657. The molecule has 2 rings (SSSR count). The fourth-order valence-electron chi connectivity index (χ4n) is 2.38. The molecule has 0 aliphatic heterocycles.